The van der Waals surface area contributed by atoms with Gasteiger partial charge in [0.25, 0.3) is 5.91 Å². The number of thioether (sulfide) groups is 1. The predicted molar refractivity (Wildman–Crippen MR) is 83.7 cm³/mol. The minimum Gasteiger partial charge on any atom is -0.393 e. The van der Waals surface area contributed by atoms with Gasteiger partial charge in [0.1, 0.15) is 0 Å². The SMILES string of the molecule is CSc1ccc(C(=O)N(CCC(N)=S)C2CC2)cc1. The lowest BCUT2D eigenvalue weighted by Crippen LogP contribution is -2.35. The number of carbonyl (C=O) groups is 1. The summed E-state index contributed by atoms with van der Waals surface area (Å²) in [6.07, 6.45) is 4.80. The molecule has 1 aliphatic carbocycles. The minimum atomic E-state index is 0.0893. The largest absolute Gasteiger partial charge is 0.393 e. The number of hydrogen-bond donors (Lipinski definition) is 1. The molecule has 1 aromatic rings. The van der Waals surface area contributed by atoms with E-state index < -0.39 is 0 Å². The van der Waals surface area contributed by atoms with Gasteiger partial charge in [-0.05, 0) is 43.4 Å². The zero-order valence-corrected chi connectivity index (χ0v) is 12.6. The van der Waals surface area contributed by atoms with Gasteiger partial charge >= 0.3 is 0 Å². The molecule has 2 rings (SSSR count). The standard InChI is InChI=1S/C14H18N2OS2/c1-19-12-6-2-10(3-7-12)14(17)16(11-4-5-11)9-8-13(15)18/h2-3,6-7,11H,4-5,8-9H2,1H3,(H2,15,18). The van der Waals surface area contributed by atoms with Crippen LogP contribution in [-0.4, -0.2) is 34.6 Å². The van der Waals surface area contributed by atoms with Crippen LogP contribution < -0.4 is 5.73 Å². The van der Waals surface area contributed by atoms with E-state index in [0.29, 0.717) is 24.0 Å². The molecule has 1 amide bonds. The number of rotatable bonds is 6. The molecule has 1 fully saturated rings. The average Bonchev–Trinajstić information content (AvgIpc) is 3.23. The Kier molecular flexibility index (Phi) is 4.82. The Balaban J connectivity index is 2.07. The average molecular weight is 294 g/mol. The van der Waals surface area contributed by atoms with Crippen molar-refractivity contribution >= 4 is 34.9 Å². The molecule has 0 aromatic heterocycles. The number of amides is 1. The molecule has 0 atom stereocenters. The van der Waals surface area contributed by atoms with Crippen molar-refractivity contribution in [2.45, 2.75) is 30.2 Å². The van der Waals surface area contributed by atoms with Crippen molar-refractivity contribution in [1.29, 1.82) is 0 Å². The fourth-order valence-corrected chi connectivity index (χ4v) is 2.47. The third-order valence-electron chi connectivity index (χ3n) is 3.18. The lowest BCUT2D eigenvalue weighted by atomic mass is 10.2. The van der Waals surface area contributed by atoms with Gasteiger partial charge in [-0.1, -0.05) is 12.2 Å². The zero-order valence-electron chi connectivity index (χ0n) is 11.0. The molecule has 0 unspecified atom stereocenters. The van der Waals surface area contributed by atoms with E-state index >= 15 is 0 Å². The lowest BCUT2D eigenvalue weighted by Gasteiger charge is -2.22. The van der Waals surface area contributed by atoms with Crippen LogP contribution in [0.15, 0.2) is 29.2 Å². The molecular weight excluding hydrogens is 276 g/mol. The van der Waals surface area contributed by atoms with E-state index in [1.807, 2.05) is 35.4 Å². The number of benzene rings is 1. The van der Waals surface area contributed by atoms with Crippen LogP contribution in [0, 0.1) is 0 Å². The van der Waals surface area contributed by atoms with Gasteiger partial charge in [0, 0.05) is 29.5 Å². The molecule has 5 heteroatoms. The molecule has 102 valence electrons. The highest BCUT2D eigenvalue weighted by Gasteiger charge is 2.32. The molecule has 0 spiro atoms. The maximum atomic E-state index is 12.5. The summed E-state index contributed by atoms with van der Waals surface area (Å²) >= 11 is 6.57. The van der Waals surface area contributed by atoms with E-state index in [2.05, 4.69) is 0 Å². The van der Waals surface area contributed by atoms with E-state index in [4.69, 9.17) is 18.0 Å². The molecule has 2 N–H and O–H groups in total. The third kappa shape index (κ3) is 3.94. The Labute approximate surface area is 123 Å². The van der Waals surface area contributed by atoms with Gasteiger partial charge in [-0.25, -0.2) is 0 Å². The second kappa shape index (κ2) is 6.39. The first-order chi connectivity index (χ1) is 9.11. The van der Waals surface area contributed by atoms with Crippen molar-refractivity contribution in [1.82, 2.24) is 4.90 Å². The molecule has 1 saturated carbocycles. The first-order valence-electron chi connectivity index (χ1n) is 6.35. The number of nitrogens with two attached hydrogens (primary N) is 1. The summed E-state index contributed by atoms with van der Waals surface area (Å²) in [6, 6.07) is 8.13. The van der Waals surface area contributed by atoms with Crippen molar-refractivity contribution in [3.05, 3.63) is 29.8 Å². The molecule has 0 aliphatic heterocycles. The number of nitrogens with zero attached hydrogens (tertiary/aromatic N) is 1. The van der Waals surface area contributed by atoms with Crippen molar-refractivity contribution in [3.8, 4) is 0 Å². The Hall–Kier alpha value is -1.07. The normalized spacial score (nSPS) is 14.2. The maximum Gasteiger partial charge on any atom is 0.254 e. The Morgan fingerprint density at radius 2 is 2.05 bits per heavy atom. The van der Waals surface area contributed by atoms with E-state index in [9.17, 15) is 4.79 Å². The summed E-state index contributed by atoms with van der Waals surface area (Å²) in [4.78, 5) is 16.0. The molecule has 0 radical (unpaired) electrons. The van der Waals surface area contributed by atoms with E-state index in [1.54, 1.807) is 11.8 Å². The highest BCUT2D eigenvalue weighted by molar-refractivity contribution is 7.98. The summed E-state index contributed by atoms with van der Waals surface area (Å²) in [7, 11) is 0. The number of hydrogen-bond acceptors (Lipinski definition) is 3. The predicted octanol–water partition coefficient (Wildman–Crippen LogP) is 2.69. The van der Waals surface area contributed by atoms with Gasteiger partial charge in [-0.3, -0.25) is 4.79 Å². The quantitative estimate of drug-likeness (QED) is 0.647. The van der Waals surface area contributed by atoms with E-state index in [-0.39, 0.29) is 5.91 Å². The first kappa shape index (κ1) is 14.3. The smallest absolute Gasteiger partial charge is 0.254 e. The molecule has 1 aromatic carbocycles. The Bertz CT molecular complexity index is 469. The van der Waals surface area contributed by atoms with Crippen LogP contribution in [-0.2, 0) is 0 Å². The molecular formula is C14H18N2OS2. The summed E-state index contributed by atoms with van der Waals surface area (Å²) in [6.45, 7) is 0.628. The molecule has 0 heterocycles. The first-order valence-corrected chi connectivity index (χ1v) is 7.98. The van der Waals surface area contributed by atoms with Crippen LogP contribution >= 0.6 is 24.0 Å². The van der Waals surface area contributed by atoms with Gasteiger partial charge in [0.15, 0.2) is 0 Å². The lowest BCUT2D eigenvalue weighted by molar-refractivity contribution is 0.0748. The van der Waals surface area contributed by atoms with Crippen molar-refractivity contribution in [2.75, 3.05) is 12.8 Å². The van der Waals surface area contributed by atoms with Crippen LogP contribution in [0.5, 0.6) is 0 Å². The van der Waals surface area contributed by atoms with E-state index in [0.717, 1.165) is 23.3 Å². The second-order valence-corrected chi connectivity index (χ2v) is 6.08. The number of thiocarbonyl (C=S) groups is 1. The summed E-state index contributed by atoms with van der Waals surface area (Å²) in [5.41, 5.74) is 6.27. The topological polar surface area (TPSA) is 46.3 Å². The molecule has 0 saturated heterocycles. The van der Waals surface area contributed by atoms with Gasteiger partial charge < -0.3 is 10.6 Å². The molecule has 19 heavy (non-hydrogen) atoms. The molecule has 3 nitrogen and oxygen atoms in total. The highest BCUT2D eigenvalue weighted by Crippen LogP contribution is 2.28. The second-order valence-electron chi connectivity index (χ2n) is 4.67. The van der Waals surface area contributed by atoms with Crippen LogP contribution in [0.1, 0.15) is 29.6 Å². The van der Waals surface area contributed by atoms with Crippen molar-refractivity contribution < 1.29 is 4.79 Å². The van der Waals surface area contributed by atoms with Crippen LogP contribution in [0.2, 0.25) is 0 Å². The molecule has 0 bridgehead atoms. The van der Waals surface area contributed by atoms with Crippen LogP contribution in [0.3, 0.4) is 0 Å². The van der Waals surface area contributed by atoms with Crippen molar-refractivity contribution in [3.63, 3.8) is 0 Å². The summed E-state index contributed by atoms with van der Waals surface area (Å²) in [5, 5.41) is 0. The van der Waals surface area contributed by atoms with Crippen LogP contribution in [0.4, 0.5) is 0 Å². The molecule has 1 aliphatic rings. The van der Waals surface area contributed by atoms with Crippen molar-refractivity contribution in [2.24, 2.45) is 5.73 Å². The fourth-order valence-electron chi connectivity index (χ4n) is 1.97. The monoisotopic (exact) mass is 294 g/mol. The number of carbonyl (C=O) groups excluding carboxylic acids is 1. The maximum absolute atomic E-state index is 12.5. The minimum absolute atomic E-state index is 0.0893. The summed E-state index contributed by atoms with van der Waals surface area (Å²) < 4.78 is 0. The third-order valence-corrected chi connectivity index (χ3v) is 4.13. The summed E-state index contributed by atoms with van der Waals surface area (Å²) in [5.74, 6) is 0.0893. The fraction of sp³-hybridized carbons (Fsp3) is 0.429. The van der Waals surface area contributed by atoms with Crippen LogP contribution in [0.25, 0.3) is 0 Å². The van der Waals surface area contributed by atoms with E-state index in [1.165, 1.54) is 0 Å². The Morgan fingerprint density at radius 1 is 1.42 bits per heavy atom. The van der Waals surface area contributed by atoms with Gasteiger partial charge in [0.05, 0.1) is 4.99 Å². The Morgan fingerprint density at radius 3 is 2.53 bits per heavy atom. The van der Waals surface area contributed by atoms with Gasteiger partial charge in [-0.15, -0.1) is 11.8 Å². The van der Waals surface area contributed by atoms with Gasteiger partial charge in [0.2, 0.25) is 0 Å². The van der Waals surface area contributed by atoms with Gasteiger partial charge in [-0.2, -0.15) is 0 Å². The highest BCUT2D eigenvalue weighted by atomic mass is 32.2. The zero-order chi connectivity index (χ0) is 13.8.